The Balaban J connectivity index is 0.00000480. The van der Waals surface area contributed by atoms with Crippen LogP contribution < -0.4 is 5.73 Å². The molecule has 0 amide bonds. The Morgan fingerprint density at radius 3 is 2.48 bits per heavy atom. The molecule has 2 rings (SSSR count). The molecule has 31 heavy (non-hydrogen) atoms. The van der Waals surface area contributed by atoms with Gasteiger partial charge in [-0.1, -0.05) is 6.08 Å². The average molecular weight is 460 g/mol. The van der Waals surface area contributed by atoms with Crippen LogP contribution in [0.2, 0.25) is 0 Å². The maximum Gasteiger partial charge on any atom is 0.307 e. The highest BCUT2D eigenvalue weighted by Gasteiger charge is 2.22. The number of carbonyl (C=O) groups excluding carboxylic acids is 1. The van der Waals surface area contributed by atoms with E-state index >= 15 is 0 Å². The van der Waals surface area contributed by atoms with Crippen LogP contribution in [0, 0.1) is 23.3 Å². The van der Waals surface area contributed by atoms with Gasteiger partial charge in [-0.3, -0.25) is 4.79 Å². The van der Waals surface area contributed by atoms with Crippen LogP contribution in [0.5, 0.6) is 0 Å². The van der Waals surface area contributed by atoms with Crippen LogP contribution in [0.3, 0.4) is 0 Å². The number of benzene rings is 2. The number of hydrogen-bond acceptors (Lipinski definition) is 3. The van der Waals surface area contributed by atoms with E-state index in [1.165, 1.54) is 12.1 Å². The maximum atomic E-state index is 14.7. The topological polar surface area (TPSA) is 52.3 Å². The molecule has 0 unspecified atom stereocenters. The number of aryl methyl sites for hydroxylation is 1. The molecule has 2 N–H and O–H groups in total. The predicted octanol–water partition coefficient (Wildman–Crippen LogP) is 6.18. The van der Waals surface area contributed by atoms with Gasteiger partial charge in [0, 0.05) is 23.2 Å². The second kappa shape index (κ2) is 12.5. The van der Waals surface area contributed by atoms with E-state index in [0.717, 1.165) is 18.9 Å². The zero-order valence-electron chi connectivity index (χ0n) is 17.2. The van der Waals surface area contributed by atoms with E-state index in [1.807, 2.05) is 0 Å². The standard InChI is InChI=1S/C23H25F4NO2.ClH/c1-3-5-6-7-8-14-9-16(24)12-18(25)22(14)15-10-17(23(27)19(26)11-15)20(28)13-21(29)30-4-2;/h3,9-12,20H,1,4-8,13,28H2,2H3;1H/t20-;/m0./s1. The van der Waals surface area contributed by atoms with Gasteiger partial charge in [0.2, 0.25) is 0 Å². The molecule has 8 heteroatoms. The monoisotopic (exact) mass is 459 g/mol. The lowest BCUT2D eigenvalue weighted by atomic mass is 9.92. The number of hydrogen-bond donors (Lipinski definition) is 1. The van der Waals surface area contributed by atoms with E-state index in [2.05, 4.69) is 6.58 Å². The van der Waals surface area contributed by atoms with Gasteiger partial charge in [0.1, 0.15) is 11.6 Å². The molecule has 0 radical (unpaired) electrons. The van der Waals surface area contributed by atoms with Crippen molar-refractivity contribution in [1.82, 2.24) is 0 Å². The molecule has 0 aliphatic carbocycles. The van der Waals surface area contributed by atoms with Gasteiger partial charge in [0.15, 0.2) is 11.6 Å². The minimum absolute atomic E-state index is 0. The molecule has 0 bridgehead atoms. The Hall–Kier alpha value is -2.38. The van der Waals surface area contributed by atoms with Crippen molar-refractivity contribution >= 4 is 18.4 Å². The first-order chi connectivity index (χ1) is 14.3. The Bertz CT molecular complexity index is 921. The third-order valence-electron chi connectivity index (χ3n) is 4.68. The fourth-order valence-corrected chi connectivity index (χ4v) is 3.29. The largest absolute Gasteiger partial charge is 0.466 e. The number of nitrogens with two attached hydrogens (primary N) is 1. The van der Waals surface area contributed by atoms with E-state index in [9.17, 15) is 22.4 Å². The minimum Gasteiger partial charge on any atom is -0.466 e. The van der Waals surface area contributed by atoms with Gasteiger partial charge >= 0.3 is 5.97 Å². The van der Waals surface area contributed by atoms with Crippen LogP contribution in [0.4, 0.5) is 17.6 Å². The Morgan fingerprint density at radius 1 is 1.13 bits per heavy atom. The van der Waals surface area contributed by atoms with Crippen LogP contribution in [-0.4, -0.2) is 12.6 Å². The molecular weight excluding hydrogens is 434 g/mol. The minimum atomic E-state index is -1.23. The summed E-state index contributed by atoms with van der Waals surface area (Å²) < 4.78 is 61.9. The highest BCUT2D eigenvalue weighted by atomic mass is 35.5. The molecule has 1 atom stereocenters. The molecule has 0 spiro atoms. The van der Waals surface area contributed by atoms with Gasteiger partial charge in [-0.25, -0.2) is 17.6 Å². The quantitative estimate of drug-likeness (QED) is 0.200. The summed E-state index contributed by atoms with van der Waals surface area (Å²) >= 11 is 0. The van der Waals surface area contributed by atoms with Crippen molar-refractivity contribution < 1.29 is 27.1 Å². The summed E-state index contributed by atoms with van der Waals surface area (Å²) in [5, 5.41) is 0. The summed E-state index contributed by atoms with van der Waals surface area (Å²) in [5.74, 6) is -4.75. The van der Waals surface area contributed by atoms with Crippen molar-refractivity contribution in [2.75, 3.05) is 6.61 Å². The lowest BCUT2D eigenvalue weighted by Gasteiger charge is -2.17. The molecule has 0 saturated carbocycles. The summed E-state index contributed by atoms with van der Waals surface area (Å²) in [6.07, 6.45) is 3.90. The molecule has 0 aliphatic heterocycles. The third-order valence-corrected chi connectivity index (χ3v) is 4.68. The van der Waals surface area contributed by atoms with Crippen molar-refractivity contribution in [2.24, 2.45) is 5.73 Å². The van der Waals surface area contributed by atoms with Crippen LogP contribution in [0.25, 0.3) is 11.1 Å². The molecule has 0 heterocycles. The summed E-state index contributed by atoms with van der Waals surface area (Å²) in [7, 11) is 0. The highest BCUT2D eigenvalue weighted by molar-refractivity contribution is 5.85. The maximum absolute atomic E-state index is 14.7. The van der Waals surface area contributed by atoms with E-state index in [4.69, 9.17) is 10.5 Å². The lowest BCUT2D eigenvalue weighted by Crippen LogP contribution is -2.19. The zero-order valence-corrected chi connectivity index (χ0v) is 18.0. The second-order valence-corrected chi connectivity index (χ2v) is 6.93. The third kappa shape index (κ3) is 7.08. The summed E-state index contributed by atoms with van der Waals surface area (Å²) in [5.41, 5.74) is 5.96. The van der Waals surface area contributed by atoms with E-state index in [0.29, 0.717) is 24.5 Å². The van der Waals surface area contributed by atoms with Crippen molar-refractivity contribution in [3.05, 3.63) is 71.3 Å². The number of rotatable bonds is 10. The number of carbonyl (C=O) groups is 1. The van der Waals surface area contributed by atoms with Crippen molar-refractivity contribution in [1.29, 1.82) is 0 Å². The van der Waals surface area contributed by atoms with E-state index in [-0.39, 0.29) is 42.1 Å². The number of halogens is 5. The highest BCUT2D eigenvalue weighted by Crippen LogP contribution is 2.33. The Morgan fingerprint density at radius 2 is 1.84 bits per heavy atom. The van der Waals surface area contributed by atoms with Crippen molar-refractivity contribution in [3.8, 4) is 11.1 Å². The second-order valence-electron chi connectivity index (χ2n) is 6.93. The normalized spacial score (nSPS) is 11.5. The molecule has 3 nitrogen and oxygen atoms in total. The molecule has 0 saturated heterocycles. The zero-order chi connectivity index (χ0) is 22.3. The molecule has 0 aromatic heterocycles. The molecule has 2 aromatic rings. The van der Waals surface area contributed by atoms with E-state index in [1.54, 1.807) is 13.0 Å². The predicted molar refractivity (Wildman–Crippen MR) is 115 cm³/mol. The number of ether oxygens (including phenoxy) is 1. The van der Waals surface area contributed by atoms with Gasteiger partial charge in [-0.2, -0.15) is 0 Å². The van der Waals surface area contributed by atoms with Gasteiger partial charge in [-0.15, -0.1) is 19.0 Å². The Labute approximate surface area is 185 Å². The van der Waals surface area contributed by atoms with Crippen LogP contribution >= 0.6 is 12.4 Å². The number of allylic oxidation sites excluding steroid dienone is 1. The average Bonchev–Trinajstić information content (AvgIpc) is 2.67. The smallest absolute Gasteiger partial charge is 0.307 e. The lowest BCUT2D eigenvalue weighted by molar-refractivity contribution is -0.143. The van der Waals surface area contributed by atoms with Crippen LogP contribution in [0.1, 0.15) is 49.8 Å². The molecule has 0 aliphatic rings. The molecular formula is C23H26ClF4NO2. The van der Waals surface area contributed by atoms with Crippen LogP contribution in [0.15, 0.2) is 36.9 Å². The van der Waals surface area contributed by atoms with Gasteiger partial charge < -0.3 is 10.5 Å². The SMILES string of the molecule is C=CCCCCc1cc(F)cc(F)c1-c1cc(F)c(F)c([C@@H](N)CC(=O)OCC)c1.Cl. The first-order valence-corrected chi connectivity index (χ1v) is 9.77. The first-order valence-electron chi connectivity index (χ1n) is 9.77. The van der Waals surface area contributed by atoms with Gasteiger partial charge in [0.25, 0.3) is 0 Å². The van der Waals surface area contributed by atoms with Crippen LogP contribution in [-0.2, 0) is 16.0 Å². The van der Waals surface area contributed by atoms with Gasteiger partial charge in [-0.05, 0) is 61.9 Å². The summed E-state index contributed by atoms with van der Waals surface area (Å²) in [6, 6.07) is 2.75. The molecule has 170 valence electrons. The van der Waals surface area contributed by atoms with Crippen molar-refractivity contribution in [3.63, 3.8) is 0 Å². The van der Waals surface area contributed by atoms with Gasteiger partial charge in [0.05, 0.1) is 13.0 Å². The summed E-state index contributed by atoms with van der Waals surface area (Å²) in [4.78, 5) is 11.7. The first kappa shape index (κ1) is 26.7. The summed E-state index contributed by atoms with van der Waals surface area (Å²) in [6.45, 7) is 5.37. The number of unbranched alkanes of at least 4 members (excludes halogenated alkanes) is 2. The Kier molecular flexibility index (Phi) is 10.7. The molecule has 0 fully saturated rings. The fourth-order valence-electron chi connectivity index (χ4n) is 3.29. The van der Waals surface area contributed by atoms with Crippen molar-refractivity contribution in [2.45, 2.75) is 45.1 Å². The van der Waals surface area contributed by atoms with E-state index < -0.39 is 35.3 Å². The fraction of sp³-hybridized carbons (Fsp3) is 0.348. The molecule has 2 aromatic carbocycles. The number of esters is 1.